The molecule has 3 aromatic carbocycles. The van der Waals surface area contributed by atoms with E-state index in [1.165, 1.54) is 7.11 Å². The molecule has 4 rings (SSSR count). The standard InChI is InChI=1S/C24H24BrN5O2/c1-16-9-7-8-12-20(16)30-24(26-27-28-30)22(17-10-5-4-6-11-17)29(2)15-18-13-19(25)14-21(32-3)23(18)31/h4-14,22,31H,15H2,1-3H3/t22-/m0/s1. The Labute approximate surface area is 195 Å². The molecule has 1 aromatic heterocycles. The smallest absolute Gasteiger partial charge is 0.178 e. The maximum atomic E-state index is 10.7. The summed E-state index contributed by atoms with van der Waals surface area (Å²) in [6.45, 7) is 2.48. The average molecular weight is 494 g/mol. The van der Waals surface area contributed by atoms with Crippen molar-refractivity contribution < 1.29 is 9.84 Å². The first-order chi connectivity index (χ1) is 15.5. The number of phenols is 1. The highest BCUT2D eigenvalue weighted by molar-refractivity contribution is 9.10. The second kappa shape index (κ2) is 9.50. The van der Waals surface area contributed by atoms with E-state index >= 15 is 0 Å². The molecule has 0 radical (unpaired) electrons. The lowest BCUT2D eigenvalue weighted by atomic mass is 10.0. The maximum Gasteiger partial charge on any atom is 0.178 e. The molecule has 1 atom stereocenters. The number of methoxy groups -OCH3 is 1. The summed E-state index contributed by atoms with van der Waals surface area (Å²) in [6, 6.07) is 21.5. The fourth-order valence-corrected chi connectivity index (χ4v) is 4.32. The number of halogens is 1. The summed E-state index contributed by atoms with van der Waals surface area (Å²) < 4.78 is 7.93. The normalized spacial score (nSPS) is 12.2. The van der Waals surface area contributed by atoms with Gasteiger partial charge < -0.3 is 9.84 Å². The summed E-state index contributed by atoms with van der Waals surface area (Å²) in [5.41, 5.74) is 3.77. The molecule has 0 aliphatic heterocycles. The molecule has 0 unspecified atom stereocenters. The highest BCUT2D eigenvalue weighted by atomic mass is 79.9. The minimum atomic E-state index is -0.254. The van der Waals surface area contributed by atoms with Gasteiger partial charge >= 0.3 is 0 Å². The first-order valence-corrected chi connectivity index (χ1v) is 10.9. The van der Waals surface area contributed by atoms with Crippen molar-refractivity contribution in [2.24, 2.45) is 0 Å². The molecule has 0 bridgehead atoms. The predicted molar refractivity (Wildman–Crippen MR) is 126 cm³/mol. The molecular weight excluding hydrogens is 470 g/mol. The van der Waals surface area contributed by atoms with Crippen LogP contribution in [0.4, 0.5) is 0 Å². The number of benzene rings is 3. The molecule has 0 aliphatic carbocycles. The van der Waals surface area contributed by atoms with Crippen LogP contribution >= 0.6 is 15.9 Å². The number of aryl methyl sites for hydroxylation is 1. The molecule has 32 heavy (non-hydrogen) atoms. The summed E-state index contributed by atoms with van der Waals surface area (Å²) in [7, 11) is 3.53. The Morgan fingerprint density at radius 1 is 1.09 bits per heavy atom. The topological polar surface area (TPSA) is 76.3 Å². The first kappa shape index (κ1) is 22.0. The molecule has 8 heteroatoms. The molecule has 0 aliphatic rings. The van der Waals surface area contributed by atoms with Crippen LogP contribution in [0.25, 0.3) is 5.69 Å². The van der Waals surface area contributed by atoms with Gasteiger partial charge in [0.05, 0.1) is 18.8 Å². The number of phenolic OH excluding ortho intramolecular Hbond substituents is 1. The lowest BCUT2D eigenvalue weighted by Crippen LogP contribution is -2.28. The fourth-order valence-electron chi connectivity index (χ4n) is 3.84. The van der Waals surface area contributed by atoms with Crippen molar-refractivity contribution in [1.82, 2.24) is 25.1 Å². The predicted octanol–water partition coefficient (Wildman–Crippen LogP) is 4.67. The number of rotatable bonds is 7. The number of nitrogens with zero attached hydrogens (tertiary/aromatic N) is 5. The lowest BCUT2D eigenvalue weighted by molar-refractivity contribution is 0.253. The van der Waals surface area contributed by atoms with Crippen LogP contribution in [0.1, 0.15) is 28.6 Å². The van der Waals surface area contributed by atoms with E-state index < -0.39 is 0 Å². The van der Waals surface area contributed by atoms with E-state index in [1.807, 2.05) is 62.5 Å². The lowest BCUT2D eigenvalue weighted by Gasteiger charge is -2.28. The van der Waals surface area contributed by atoms with Crippen molar-refractivity contribution in [3.63, 3.8) is 0 Å². The zero-order valence-electron chi connectivity index (χ0n) is 18.1. The first-order valence-electron chi connectivity index (χ1n) is 10.1. The van der Waals surface area contributed by atoms with Gasteiger partial charge in [0.15, 0.2) is 17.3 Å². The van der Waals surface area contributed by atoms with E-state index in [2.05, 4.69) is 48.5 Å². The fraction of sp³-hybridized carbons (Fsp3) is 0.208. The van der Waals surface area contributed by atoms with Gasteiger partial charge in [0.1, 0.15) is 0 Å². The molecule has 7 nitrogen and oxygen atoms in total. The number of aromatic nitrogens is 4. The monoisotopic (exact) mass is 493 g/mol. The Kier molecular flexibility index (Phi) is 6.53. The Morgan fingerprint density at radius 2 is 1.81 bits per heavy atom. The van der Waals surface area contributed by atoms with Crippen LogP contribution in [0, 0.1) is 6.92 Å². The minimum absolute atomic E-state index is 0.118. The van der Waals surface area contributed by atoms with Crippen LogP contribution in [0.3, 0.4) is 0 Å². The SMILES string of the molecule is COc1cc(Br)cc(CN(C)[C@@H](c2ccccc2)c2nnnn2-c2ccccc2C)c1O. The number of tetrazole rings is 1. The van der Waals surface area contributed by atoms with Gasteiger partial charge in [-0.2, -0.15) is 4.68 Å². The van der Waals surface area contributed by atoms with E-state index in [4.69, 9.17) is 4.74 Å². The van der Waals surface area contributed by atoms with Gasteiger partial charge in [-0.15, -0.1) is 5.10 Å². The Balaban J connectivity index is 1.79. The van der Waals surface area contributed by atoms with Crippen molar-refractivity contribution in [1.29, 1.82) is 0 Å². The quantitative estimate of drug-likeness (QED) is 0.403. The van der Waals surface area contributed by atoms with Gasteiger partial charge in [-0.05, 0) is 53.7 Å². The van der Waals surface area contributed by atoms with Crippen molar-refractivity contribution in [2.75, 3.05) is 14.2 Å². The van der Waals surface area contributed by atoms with Crippen LogP contribution in [-0.2, 0) is 6.54 Å². The second-order valence-electron chi connectivity index (χ2n) is 7.58. The van der Waals surface area contributed by atoms with Gasteiger partial charge in [-0.25, -0.2) is 0 Å². The number of hydrogen-bond acceptors (Lipinski definition) is 6. The van der Waals surface area contributed by atoms with E-state index in [0.29, 0.717) is 18.1 Å². The van der Waals surface area contributed by atoms with Crippen LogP contribution in [0.5, 0.6) is 11.5 Å². The summed E-state index contributed by atoms with van der Waals surface area (Å²) in [5.74, 6) is 1.23. The largest absolute Gasteiger partial charge is 0.504 e. The second-order valence-corrected chi connectivity index (χ2v) is 8.50. The van der Waals surface area contributed by atoms with Crippen LogP contribution in [0.15, 0.2) is 71.2 Å². The number of para-hydroxylation sites is 1. The van der Waals surface area contributed by atoms with Gasteiger partial charge in [0, 0.05) is 16.6 Å². The minimum Gasteiger partial charge on any atom is -0.504 e. The zero-order chi connectivity index (χ0) is 22.7. The molecule has 0 spiro atoms. The zero-order valence-corrected chi connectivity index (χ0v) is 19.7. The highest BCUT2D eigenvalue weighted by Crippen LogP contribution is 2.36. The van der Waals surface area contributed by atoms with E-state index in [0.717, 1.165) is 26.9 Å². The number of aromatic hydroxyl groups is 1. The molecule has 0 saturated carbocycles. The van der Waals surface area contributed by atoms with Gasteiger partial charge in [0.2, 0.25) is 0 Å². The summed E-state index contributed by atoms with van der Waals surface area (Å²) >= 11 is 3.50. The van der Waals surface area contributed by atoms with Crippen LogP contribution in [-0.4, -0.2) is 44.4 Å². The van der Waals surface area contributed by atoms with Gasteiger partial charge in [0.25, 0.3) is 0 Å². The third kappa shape index (κ3) is 4.37. The Hall–Kier alpha value is -3.23. The van der Waals surface area contributed by atoms with Crippen LogP contribution < -0.4 is 4.74 Å². The number of hydrogen-bond donors (Lipinski definition) is 1. The van der Waals surface area contributed by atoms with Crippen molar-refractivity contribution in [3.05, 3.63) is 93.7 Å². The third-order valence-electron chi connectivity index (χ3n) is 5.40. The molecule has 164 valence electrons. The molecule has 1 heterocycles. The molecule has 0 fully saturated rings. The van der Waals surface area contributed by atoms with E-state index in [-0.39, 0.29) is 11.8 Å². The third-order valence-corrected chi connectivity index (χ3v) is 5.85. The van der Waals surface area contributed by atoms with Crippen LogP contribution in [0.2, 0.25) is 0 Å². The van der Waals surface area contributed by atoms with Crippen molar-refractivity contribution >= 4 is 15.9 Å². The Bertz CT molecular complexity index is 1210. The van der Waals surface area contributed by atoms with Crippen molar-refractivity contribution in [2.45, 2.75) is 19.5 Å². The van der Waals surface area contributed by atoms with E-state index in [9.17, 15) is 5.11 Å². The van der Waals surface area contributed by atoms with Gasteiger partial charge in [-0.3, -0.25) is 4.90 Å². The average Bonchev–Trinajstić information content (AvgIpc) is 3.26. The molecule has 4 aromatic rings. The highest BCUT2D eigenvalue weighted by Gasteiger charge is 2.27. The van der Waals surface area contributed by atoms with Gasteiger partial charge in [-0.1, -0.05) is 64.5 Å². The number of ether oxygens (including phenoxy) is 1. The molecule has 0 amide bonds. The maximum absolute atomic E-state index is 10.7. The molecule has 1 N–H and O–H groups in total. The Morgan fingerprint density at radius 3 is 2.53 bits per heavy atom. The summed E-state index contributed by atoms with van der Waals surface area (Å²) in [4.78, 5) is 2.11. The molecular formula is C24H24BrN5O2. The van der Waals surface area contributed by atoms with E-state index in [1.54, 1.807) is 10.7 Å². The summed E-state index contributed by atoms with van der Waals surface area (Å²) in [5, 5.41) is 23.4. The summed E-state index contributed by atoms with van der Waals surface area (Å²) in [6.07, 6.45) is 0. The molecule has 0 saturated heterocycles. The van der Waals surface area contributed by atoms with Crippen molar-refractivity contribution in [3.8, 4) is 17.2 Å².